The van der Waals surface area contributed by atoms with Gasteiger partial charge in [-0.1, -0.05) is 116 Å². The Morgan fingerprint density at radius 2 is 0.691 bits per heavy atom. The van der Waals surface area contributed by atoms with E-state index >= 15 is 0 Å². The molecular formula is C43H65NaO11. The molecule has 0 atom stereocenters. The fourth-order valence-corrected chi connectivity index (χ4v) is 5.55. The summed E-state index contributed by atoms with van der Waals surface area (Å²) in [4.78, 5) is 45.3. The molecule has 0 aromatic heterocycles. The Kier molecular flexibility index (Phi) is 34.2. The number of unbranched alkanes of at least 4 members (excludes halogenated alkanes) is 18. The van der Waals surface area contributed by atoms with Gasteiger partial charge in [0.2, 0.25) is 5.75 Å². The monoisotopic (exact) mass is 780 g/mol. The molecular weight excluding hydrogens is 715 g/mol. The number of rotatable bonds is 37. The molecule has 304 valence electrons. The summed E-state index contributed by atoms with van der Waals surface area (Å²) in [6.45, 7) is 12.7. The molecule has 1 aromatic rings. The topological polar surface area (TPSA) is 147 Å². The average Bonchev–Trinajstić information content (AvgIpc) is 3.17. The van der Waals surface area contributed by atoms with Crippen molar-refractivity contribution in [1.29, 1.82) is 0 Å². The molecule has 1 rings (SSSR count). The van der Waals surface area contributed by atoms with E-state index < -0.39 is 5.97 Å². The summed E-state index contributed by atoms with van der Waals surface area (Å²) in [5, 5.41) is 11.9. The number of carboxylic acid groups (broad SMARTS) is 1. The maximum Gasteiger partial charge on any atom is 1.00 e. The van der Waals surface area contributed by atoms with Crippen LogP contribution in [0, 0.1) is 0 Å². The van der Waals surface area contributed by atoms with Crippen LogP contribution >= 0.6 is 0 Å². The molecule has 0 spiro atoms. The predicted octanol–water partition coefficient (Wildman–Crippen LogP) is 5.57. The normalized spacial score (nSPS) is 10.4. The van der Waals surface area contributed by atoms with E-state index in [2.05, 4.69) is 19.7 Å². The van der Waals surface area contributed by atoms with E-state index in [0.717, 1.165) is 135 Å². The Morgan fingerprint density at radius 1 is 0.436 bits per heavy atom. The summed E-state index contributed by atoms with van der Waals surface area (Å²) in [6, 6.07) is 2.92. The van der Waals surface area contributed by atoms with Gasteiger partial charge in [-0.25, -0.2) is 14.4 Å². The standard InChI is InChI=1S/C43H66O11.Na/c1-4-39(44)51-30-24-18-12-7-10-16-22-28-49-37-34-36(43(47)48)35-38(50-29-23-17-11-8-13-19-25-31-52-40(45)5-2)42(37)54-33-27-21-15-9-14-20-26-32-53-41(46)6-3;/h4-6,34-35H,1-3,7-33H2,(H,47,48);/q;+1/p-1. The van der Waals surface area contributed by atoms with Crippen molar-refractivity contribution >= 4 is 23.9 Å². The first-order valence-corrected chi connectivity index (χ1v) is 20.0. The Hall–Kier alpha value is -3.28. The van der Waals surface area contributed by atoms with Gasteiger partial charge in [-0.2, -0.15) is 0 Å². The number of carbonyl (C=O) groups is 4. The fourth-order valence-electron chi connectivity index (χ4n) is 5.55. The zero-order valence-corrected chi connectivity index (χ0v) is 35.6. The van der Waals surface area contributed by atoms with E-state index in [4.69, 9.17) is 28.4 Å². The van der Waals surface area contributed by atoms with Gasteiger partial charge in [0.05, 0.1) is 45.6 Å². The second-order valence-corrected chi connectivity index (χ2v) is 13.2. The van der Waals surface area contributed by atoms with Crippen LogP contribution < -0.4 is 48.9 Å². The Bertz CT molecular complexity index is 1170. The molecule has 12 heteroatoms. The molecule has 0 unspecified atom stereocenters. The SMILES string of the molecule is C=CC(=O)OCCCCCCCCCOc1cc(C(=O)[O-])cc(OCCCCCCCCCOC(=O)C=C)c1OCCCCCCCCCOC(=O)C=C.[Na+]. The van der Waals surface area contributed by atoms with Crippen molar-refractivity contribution in [1.82, 2.24) is 0 Å². The van der Waals surface area contributed by atoms with E-state index in [1.54, 1.807) is 0 Å². The van der Waals surface area contributed by atoms with E-state index in [0.29, 0.717) is 56.9 Å². The van der Waals surface area contributed by atoms with Crippen LogP contribution in [0.5, 0.6) is 17.2 Å². The van der Waals surface area contributed by atoms with Gasteiger partial charge in [0, 0.05) is 23.8 Å². The fraction of sp³-hybridized carbons (Fsp3) is 0.628. The first-order valence-electron chi connectivity index (χ1n) is 20.0. The minimum absolute atomic E-state index is 0. The van der Waals surface area contributed by atoms with Gasteiger partial charge in [0.25, 0.3) is 0 Å². The Balaban J connectivity index is 0.0000292. The quantitative estimate of drug-likeness (QED) is 0.0275. The molecule has 0 N–H and O–H groups in total. The first kappa shape index (κ1) is 51.7. The van der Waals surface area contributed by atoms with Gasteiger partial charge in [0.15, 0.2) is 11.5 Å². The number of carboxylic acids is 1. The van der Waals surface area contributed by atoms with E-state index in [-0.39, 0.29) is 53.0 Å². The number of esters is 3. The molecule has 0 saturated carbocycles. The number of benzene rings is 1. The van der Waals surface area contributed by atoms with Gasteiger partial charge >= 0.3 is 47.5 Å². The Labute approximate surface area is 351 Å². The van der Waals surface area contributed by atoms with Crippen LogP contribution in [0.25, 0.3) is 0 Å². The summed E-state index contributed by atoms with van der Waals surface area (Å²) in [7, 11) is 0. The smallest absolute Gasteiger partial charge is 0.545 e. The van der Waals surface area contributed by atoms with Gasteiger partial charge in [-0.3, -0.25) is 0 Å². The van der Waals surface area contributed by atoms with Crippen molar-refractivity contribution in [3.05, 3.63) is 55.7 Å². The van der Waals surface area contributed by atoms with Gasteiger partial charge < -0.3 is 38.3 Å². The van der Waals surface area contributed by atoms with Crippen LogP contribution in [-0.4, -0.2) is 63.5 Å². The second-order valence-electron chi connectivity index (χ2n) is 13.2. The molecule has 0 aliphatic carbocycles. The molecule has 0 aliphatic heterocycles. The van der Waals surface area contributed by atoms with E-state index in [1.165, 1.54) is 30.4 Å². The summed E-state index contributed by atoms with van der Waals surface area (Å²) >= 11 is 0. The maximum atomic E-state index is 11.9. The van der Waals surface area contributed by atoms with Crippen LogP contribution in [0.3, 0.4) is 0 Å². The summed E-state index contributed by atoms with van der Waals surface area (Å²) in [5.41, 5.74) is -0.0239. The molecule has 0 radical (unpaired) electrons. The predicted molar refractivity (Wildman–Crippen MR) is 208 cm³/mol. The van der Waals surface area contributed by atoms with Crippen LogP contribution in [-0.2, 0) is 28.6 Å². The largest absolute Gasteiger partial charge is 1.00 e. The van der Waals surface area contributed by atoms with Crippen molar-refractivity contribution in [3.63, 3.8) is 0 Å². The summed E-state index contributed by atoms with van der Waals surface area (Å²) < 4.78 is 33.5. The third-order valence-corrected chi connectivity index (χ3v) is 8.62. The molecule has 0 aliphatic rings. The van der Waals surface area contributed by atoms with E-state index in [1.807, 2.05) is 0 Å². The number of carbonyl (C=O) groups excluding carboxylic acids is 4. The zero-order valence-electron chi connectivity index (χ0n) is 33.6. The molecule has 11 nitrogen and oxygen atoms in total. The van der Waals surface area contributed by atoms with Crippen LogP contribution in [0.1, 0.15) is 145 Å². The van der Waals surface area contributed by atoms with Crippen molar-refractivity contribution in [2.75, 3.05) is 39.6 Å². The van der Waals surface area contributed by atoms with Gasteiger partial charge in [-0.05, 0) is 50.7 Å². The first-order chi connectivity index (χ1) is 26.3. The molecule has 0 amide bonds. The molecule has 55 heavy (non-hydrogen) atoms. The van der Waals surface area contributed by atoms with Crippen molar-refractivity contribution in [2.45, 2.75) is 135 Å². The molecule has 0 heterocycles. The molecule has 1 aromatic carbocycles. The summed E-state index contributed by atoms with van der Waals surface area (Å²) in [5.74, 6) is -1.37. The number of hydrogen-bond donors (Lipinski definition) is 0. The maximum absolute atomic E-state index is 11.9. The van der Waals surface area contributed by atoms with Gasteiger partial charge in [-0.15, -0.1) is 0 Å². The third-order valence-electron chi connectivity index (χ3n) is 8.62. The van der Waals surface area contributed by atoms with Gasteiger partial charge in [0.1, 0.15) is 0 Å². The van der Waals surface area contributed by atoms with Crippen molar-refractivity contribution < 1.29 is 82.3 Å². The molecule has 0 bridgehead atoms. The third kappa shape index (κ3) is 28.7. The minimum Gasteiger partial charge on any atom is -0.545 e. The minimum atomic E-state index is -1.31. The van der Waals surface area contributed by atoms with E-state index in [9.17, 15) is 24.3 Å². The van der Waals surface area contributed by atoms with Crippen molar-refractivity contribution in [2.24, 2.45) is 0 Å². The zero-order chi connectivity index (χ0) is 39.5. The van der Waals surface area contributed by atoms with Crippen molar-refractivity contribution in [3.8, 4) is 17.2 Å². The van der Waals surface area contributed by atoms with Crippen LogP contribution in [0.4, 0.5) is 0 Å². The van der Waals surface area contributed by atoms with Crippen LogP contribution in [0.2, 0.25) is 0 Å². The van der Waals surface area contributed by atoms with Crippen LogP contribution in [0.15, 0.2) is 50.1 Å². The number of hydrogen-bond acceptors (Lipinski definition) is 11. The summed E-state index contributed by atoms with van der Waals surface area (Å²) in [6.07, 6.45) is 23.9. The second kappa shape index (κ2) is 36.4. The molecule has 0 fully saturated rings. The average molecular weight is 781 g/mol. The molecule has 0 saturated heterocycles. The number of ether oxygens (including phenoxy) is 6. The Morgan fingerprint density at radius 3 is 0.964 bits per heavy atom. The number of aromatic carboxylic acids is 1.